The average molecular weight is 366 g/mol. The van der Waals surface area contributed by atoms with Gasteiger partial charge in [-0.3, -0.25) is 10.2 Å². The molecule has 5 nitrogen and oxygen atoms in total. The molecule has 0 aliphatic carbocycles. The second kappa shape index (κ2) is 8.42. The smallest absolute Gasteiger partial charge is 0.305 e. The fourth-order valence-corrected chi connectivity index (χ4v) is 2.89. The third kappa shape index (κ3) is 3.82. The summed E-state index contributed by atoms with van der Waals surface area (Å²) in [4.78, 5) is 15.2. The third-order valence-electron chi connectivity index (χ3n) is 3.65. The van der Waals surface area contributed by atoms with E-state index in [0.717, 1.165) is 16.2 Å². The SMILES string of the molecule is C=C/C=C\C=C\SNNC(=O)c1oc2cc3ccccc3cc2c1OC. The molecule has 0 bridgehead atoms. The molecule has 3 rings (SSSR count). The van der Waals surface area contributed by atoms with Crippen LogP contribution in [0.1, 0.15) is 10.6 Å². The zero-order valence-electron chi connectivity index (χ0n) is 14.2. The highest BCUT2D eigenvalue weighted by molar-refractivity contribution is 8.00. The summed E-state index contributed by atoms with van der Waals surface area (Å²) in [5.74, 6) is 0.130. The molecule has 3 aromatic rings. The summed E-state index contributed by atoms with van der Waals surface area (Å²) < 4.78 is 11.2. The maximum atomic E-state index is 12.4. The molecule has 0 saturated heterocycles. The zero-order valence-corrected chi connectivity index (χ0v) is 15.0. The standard InChI is InChI=1S/C20H18N2O3S/c1-3-4-5-8-11-26-22-21-20(23)19-18(24-2)16-12-14-9-6-7-10-15(14)13-17(16)25-19/h3-13,22H,1H2,2H3,(H,21,23)/b5-4-,11-8+. The molecule has 2 N–H and O–H groups in total. The number of hydrogen-bond donors (Lipinski definition) is 2. The van der Waals surface area contributed by atoms with Gasteiger partial charge in [0.05, 0.1) is 12.5 Å². The van der Waals surface area contributed by atoms with E-state index in [2.05, 4.69) is 16.8 Å². The van der Waals surface area contributed by atoms with Gasteiger partial charge in [-0.15, -0.1) is 0 Å². The Labute approximate surface area is 155 Å². The van der Waals surface area contributed by atoms with Gasteiger partial charge in [0, 0.05) is 0 Å². The number of nitrogens with one attached hydrogen (secondary N) is 2. The summed E-state index contributed by atoms with van der Waals surface area (Å²) in [5.41, 5.74) is 3.18. The van der Waals surface area contributed by atoms with Crippen molar-refractivity contribution in [2.45, 2.75) is 0 Å². The number of hydrogen-bond acceptors (Lipinski definition) is 5. The van der Waals surface area contributed by atoms with Crippen molar-refractivity contribution < 1.29 is 13.9 Å². The Bertz CT molecular complexity index is 1000. The van der Waals surface area contributed by atoms with Gasteiger partial charge in [-0.2, -0.15) is 4.83 Å². The van der Waals surface area contributed by atoms with E-state index in [0.29, 0.717) is 11.3 Å². The number of carbonyl (C=O) groups excluding carboxylic acids is 1. The van der Waals surface area contributed by atoms with E-state index in [9.17, 15) is 4.79 Å². The molecule has 0 fully saturated rings. The van der Waals surface area contributed by atoms with Gasteiger partial charge < -0.3 is 9.15 Å². The van der Waals surface area contributed by atoms with Gasteiger partial charge in [-0.05, 0) is 40.3 Å². The molecule has 132 valence electrons. The average Bonchev–Trinajstić information content (AvgIpc) is 3.02. The van der Waals surface area contributed by atoms with Crippen LogP contribution in [-0.2, 0) is 0 Å². The minimum Gasteiger partial charge on any atom is -0.492 e. The molecule has 6 heteroatoms. The molecule has 0 aliphatic heterocycles. The molecule has 0 unspecified atom stereocenters. The lowest BCUT2D eigenvalue weighted by molar-refractivity contribution is 0.0917. The number of rotatable bonds is 7. The molecule has 26 heavy (non-hydrogen) atoms. The summed E-state index contributed by atoms with van der Waals surface area (Å²) in [6.07, 6.45) is 7.13. The predicted octanol–water partition coefficient (Wildman–Crippen LogP) is 4.73. The van der Waals surface area contributed by atoms with Crippen LogP contribution in [0.15, 0.2) is 77.1 Å². The molecule has 0 radical (unpaired) electrons. The van der Waals surface area contributed by atoms with Crippen LogP contribution in [0.4, 0.5) is 0 Å². The van der Waals surface area contributed by atoms with E-state index in [4.69, 9.17) is 9.15 Å². The summed E-state index contributed by atoms with van der Waals surface area (Å²) in [5, 5.41) is 4.63. The van der Waals surface area contributed by atoms with E-state index in [-0.39, 0.29) is 5.76 Å². The first-order valence-electron chi connectivity index (χ1n) is 7.89. The lowest BCUT2D eigenvalue weighted by Gasteiger charge is -2.03. The fourth-order valence-electron chi connectivity index (χ4n) is 2.51. The molecule has 1 amide bonds. The largest absolute Gasteiger partial charge is 0.492 e. The van der Waals surface area contributed by atoms with Crippen molar-refractivity contribution in [2.75, 3.05) is 7.11 Å². The Morgan fingerprint density at radius 1 is 1.19 bits per heavy atom. The Balaban J connectivity index is 1.79. The van der Waals surface area contributed by atoms with Crippen LogP contribution in [0, 0.1) is 0 Å². The van der Waals surface area contributed by atoms with Crippen LogP contribution in [0.2, 0.25) is 0 Å². The number of benzene rings is 2. The maximum absolute atomic E-state index is 12.4. The van der Waals surface area contributed by atoms with Crippen molar-refractivity contribution in [3.8, 4) is 5.75 Å². The maximum Gasteiger partial charge on any atom is 0.305 e. The fraction of sp³-hybridized carbons (Fsp3) is 0.0500. The number of fused-ring (bicyclic) bond motifs is 2. The number of amides is 1. The van der Waals surface area contributed by atoms with E-state index < -0.39 is 5.91 Å². The first-order valence-corrected chi connectivity index (χ1v) is 8.77. The van der Waals surface area contributed by atoms with Crippen LogP contribution < -0.4 is 15.0 Å². The molecular formula is C20H18N2O3S. The first-order chi connectivity index (χ1) is 12.7. The van der Waals surface area contributed by atoms with Gasteiger partial charge in [0.1, 0.15) is 5.58 Å². The van der Waals surface area contributed by atoms with Gasteiger partial charge >= 0.3 is 5.91 Å². The Morgan fingerprint density at radius 3 is 2.69 bits per heavy atom. The topological polar surface area (TPSA) is 63.5 Å². The highest BCUT2D eigenvalue weighted by Gasteiger charge is 2.21. The van der Waals surface area contributed by atoms with Crippen molar-refractivity contribution in [3.05, 3.63) is 78.4 Å². The quantitative estimate of drug-likeness (QED) is 0.274. The van der Waals surface area contributed by atoms with Crippen LogP contribution in [0.25, 0.3) is 21.7 Å². The molecule has 0 atom stereocenters. The van der Waals surface area contributed by atoms with Crippen LogP contribution >= 0.6 is 11.9 Å². The molecule has 1 aromatic heterocycles. The summed E-state index contributed by atoms with van der Waals surface area (Å²) in [6.45, 7) is 3.58. The van der Waals surface area contributed by atoms with Gasteiger partial charge in [-0.1, -0.05) is 55.1 Å². The summed E-state index contributed by atoms with van der Waals surface area (Å²) in [6, 6.07) is 11.8. The van der Waals surface area contributed by atoms with Gasteiger partial charge in [-0.25, -0.2) is 0 Å². The molecular weight excluding hydrogens is 348 g/mol. The van der Waals surface area contributed by atoms with Crippen LogP contribution in [0.3, 0.4) is 0 Å². The lowest BCUT2D eigenvalue weighted by atomic mass is 10.1. The number of furan rings is 1. The highest BCUT2D eigenvalue weighted by atomic mass is 32.2. The van der Waals surface area contributed by atoms with Gasteiger partial charge in [0.15, 0.2) is 5.75 Å². The molecule has 0 saturated carbocycles. The van der Waals surface area contributed by atoms with Crippen molar-refractivity contribution in [1.82, 2.24) is 10.3 Å². The minimum absolute atomic E-state index is 0.126. The zero-order chi connectivity index (χ0) is 18.4. The second-order valence-electron chi connectivity index (χ2n) is 5.28. The molecule has 2 aromatic carbocycles. The summed E-state index contributed by atoms with van der Waals surface area (Å²) in [7, 11) is 1.52. The Kier molecular flexibility index (Phi) is 5.78. The van der Waals surface area contributed by atoms with Crippen LogP contribution in [-0.4, -0.2) is 13.0 Å². The minimum atomic E-state index is -0.412. The van der Waals surface area contributed by atoms with Crippen LogP contribution in [0.5, 0.6) is 5.75 Å². The number of methoxy groups -OCH3 is 1. The molecule has 0 aliphatic rings. The normalized spacial score (nSPS) is 11.6. The van der Waals surface area contributed by atoms with E-state index in [1.807, 2.05) is 48.6 Å². The van der Waals surface area contributed by atoms with E-state index >= 15 is 0 Å². The van der Waals surface area contributed by atoms with Gasteiger partial charge in [0.25, 0.3) is 0 Å². The third-order valence-corrected chi connectivity index (χ3v) is 4.16. The van der Waals surface area contributed by atoms with Crippen molar-refractivity contribution >= 4 is 39.6 Å². The van der Waals surface area contributed by atoms with E-state index in [1.165, 1.54) is 19.1 Å². The number of allylic oxidation sites excluding steroid dienone is 4. The monoisotopic (exact) mass is 366 g/mol. The highest BCUT2D eigenvalue weighted by Crippen LogP contribution is 2.35. The number of carbonyl (C=O) groups is 1. The molecule has 0 spiro atoms. The molecule has 1 heterocycles. The Morgan fingerprint density at radius 2 is 1.96 bits per heavy atom. The van der Waals surface area contributed by atoms with E-state index in [1.54, 1.807) is 17.6 Å². The van der Waals surface area contributed by atoms with Gasteiger partial charge in [0.2, 0.25) is 5.76 Å². The summed E-state index contributed by atoms with van der Waals surface area (Å²) >= 11 is 1.22. The van der Waals surface area contributed by atoms with Crippen molar-refractivity contribution in [1.29, 1.82) is 0 Å². The number of hydrazine groups is 1. The number of ether oxygens (including phenoxy) is 1. The van der Waals surface area contributed by atoms with Crippen molar-refractivity contribution in [2.24, 2.45) is 0 Å². The second-order valence-corrected chi connectivity index (χ2v) is 6.00. The lowest BCUT2D eigenvalue weighted by Crippen LogP contribution is -2.32. The Hall–Kier alpha value is -2.96. The first kappa shape index (κ1) is 17.8. The predicted molar refractivity (Wildman–Crippen MR) is 107 cm³/mol. The van der Waals surface area contributed by atoms with Crippen molar-refractivity contribution in [3.63, 3.8) is 0 Å².